The lowest BCUT2D eigenvalue weighted by molar-refractivity contribution is 0.584. The van der Waals surface area contributed by atoms with Crippen molar-refractivity contribution in [3.8, 4) is 11.1 Å². The molecular formula is C11H9FN2. The molecule has 0 spiro atoms. The fourth-order valence-corrected chi connectivity index (χ4v) is 1.26. The predicted octanol–water partition coefficient (Wildman–Crippen LogP) is 2.47. The van der Waals surface area contributed by atoms with Crippen molar-refractivity contribution in [2.75, 3.05) is 5.73 Å². The summed E-state index contributed by atoms with van der Waals surface area (Å²) in [4.78, 5) is 3.58. The number of nitrogens with two attached hydrogens (primary N) is 1. The van der Waals surface area contributed by atoms with E-state index in [4.69, 9.17) is 5.73 Å². The van der Waals surface area contributed by atoms with Crippen LogP contribution in [-0.2, 0) is 0 Å². The maximum Gasteiger partial charge on any atom is 0.212 e. The van der Waals surface area contributed by atoms with Crippen LogP contribution in [0.5, 0.6) is 0 Å². The average Bonchev–Trinajstić information content (AvgIpc) is 2.19. The predicted molar refractivity (Wildman–Crippen MR) is 54.0 cm³/mol. The van der Waals surface area contributed by atoms with Crippen LogP contribution in [0.3, 0.4) is 0 Å². The lowest BCUT2D eigenvalue weighted by atomic mass is 10.1. The number of nitrogens with zero attached hydrogens (tertiary/aromatic N) is 1. The van der Waals surface area contributed by atoms with Crippen molar-refractivity contribution in [2.45, 2.75) is 0 Å². The minimum Gasteiger partial charge on any atom is -0.399 e. The molecule has 0 bridgehead atoms. The molecule has 1 heterocycles. The molecule has 0 aliphatic rings. The number of pyridine rings is 1. The van der Waals surface area contributed by atoms with Crippen molar-refractivity contribution in [2.24, 2.45) is 0 Å². The second-order valence-corrected chi connectivity index (χ2v) is 3.00. The summed E-state index contributed by atoms with van der Waals surface area (Å²) in [6, 6.07) is 10.4. The summed E-state index contributed by atoms with van der Waals surface area (Å²) >= 11 is 0. The summed E-state index contributed by atoms with van der Waals surface area (Å²) in [5.74, 6) is -0.474. The topological polar surface area (TPSA) is 38.9 Å². The van der Waals surface area contributed by atoms with Crippen LogP contribution in [0, 0.1) is 5.95 Å². The van der Waals surface area contributed by atoms with E-state index in [1.165, 1.54) is 12.3 Å². The summed E-state index contributed by atoms with van der Waals surface area (Å²) in [6.07, 6.45) is 1.49. The van der Waals surface area contributed by atoms with Crippen molar-refractivity contribution >= 4 is 5.69 Å². The summed E-state index contributed by atoms with van der Waals surface area (Å²) in [5.41, 5.74) is 8.12. The molecule has 1 aromatic heterocycles. The van der Waals surface area contributed by atoms with Gasteiger partial charge in [-0.2, -0.15) is 4.39 Å². The van der Waals surface area contributed by atoms with Gasteiger partial charge in [-0.25, -0.2) is 4.98 Å². The van der Waals surface area contributed by atoms with Gasteiger partial charge < -0.3 is 5.73 Å². The van der Waals surface area contributed by atoms with E-state index in [9.17, 15) is 4.39 Å². The largest absolute Gasteiger partial charge is 0.399 e. The Bertz CT molecular complexity index is 437. The first-order valence-corrected chi connectivity index (χ1v) is 4.23. The van der Waals surface area contributed by atoms with Crippen molar-refractivity contribution in [1.82, 2.24) is 4.98 Å². The van der Waals surface area contributed by atoms with Gasteiger partial charge in [0, 0.05) is 17.4 Å². The fourth-order valence-electron chi connectivity index (χ4n) is 1.26. The summed E-state index contributed by atoms with van der Waals surface area (Å²) in [7, 11) is 0. The molecule has 1 aromatic carbocycles. The molecule has 0 amide bonds. The number of rotatable bonds is 1. The smallest absolute Gasteiger partial charge is 0.212 e. The quantitative estimate of drug-likeness (QED) is 0.551. The molecule has 0 atom stereocenters. The van der Waals surface area contributed by atoms with Crippen LogP contribution in [0.1, 0.15) is 0 Å². The summed E-state index contributed by atoms with van der Waals surface area (Å²) < 4.78 is 12.5. The van der Waals surface area contributed by atoms with E-state index in [1.807, 2.05) is 18.2 Å². The van der Waals surface area contributed by atoms with E-state index in [-0.39, 0.29) is 0 Å². The average molecular weight is 188 g/mol. The molecule has 2 aromatic rings. The molecule has 0 unspecified atom stereocenters. The highest BCUT2D eigenvalue weighted by molar-refractivity contribution is 5.66. The molecule has 0 saturated heterocycles. The Labute approximate surface area is 81.2 Å². The highest BCUT2D eigenvalue weighted by atomic mass is 19.1. The van der Waals surface area contributed by atoms with E-state index in [0.717, 1.165) is 11.1 Å². The number of nitrogen functional groups attached to an aromatic ring is 1. The molecule has 0 fully saturated rings. The monoisotopic (exact) mass is 188 g/mol. The summed E-state index contributed by atoms with van der Waals surface area (Å²) in [5, 5.41) is 0. The second kappa shape index (κ2) is 3.46. The Kier molecular flexibility index (Phi) is 2.14. The third-order valence-electron chi connectivity index (χ3n) is 1.95. The molecule has 0 saturated carbocycles. The normalized spacial score (nSPS) is 10.1. The van der Waals surface area contributed by atoms with Crippen molar-refractivity contribution < 1.29 is 4.39 Å². The third kappa shape index (κ3) is 1.71. The fraction of sp³-hybridized carbons (Fsp3) is 0. The van der Waals surface area contributed by atoms with Crippen molar-refractivity contribution in [1.29, 1.82) is 0 Å². The minimum atomic E-state index is -0.474. The molecule has 0 radical (unpaired) electrons. The van der Waals surface area contributed by atoms with Gasteiger partial charge in [0.15, 0.2) is 0 Å². The van der Waals surface area contributed by atoms with E-state index in [0.29, 0.717) is 5.69 Å². The van der Waals surface area contributed by atoms with Crippen molar-refractivity contribution in [3.05, 3.63) is 48.5 Å². The molecule has 2 rings (SSSR count). The first-order chi connectivity index (χ1) is 6.75. The Hall–Kier alpha value is -1.90. The lowest BCUT2D eigenvalue weighted by Gasteiger charge is -2.01. The van der Waals surface area contributed by atoms with E-state index < -0.39 is 5.95 Å². The number of aromatic nitrogens is 1. The van der Waals surface area contributed by atoms with E-state index in [1.54, 1.807) is 12.1 Å². The summed E-state index contributed by atoms with van der Waals surface area (Å²) in [6.45, 7) is 0. The SMILES string of the molecule is Nc1cccc(-c2ccc(F)nc2)c1. The first-order valence-electron chi connectivity index (χ1n) is 4.23. The lowest BCUT2D eigenvalue weighted by Crippen LogP contribution is -1.86. The van der Waals surface area contributed by atoms with Gasteiger partial charge >= 0.3 is 0 Å². The Morgan fingerprint density at radius 2 is 1.93 bits per heavy atom. The van der Waals surface area contributed by atoms with Crippen LogP contribution < -0.4 is 5.73 Å². The van der Waals surface area contributed by atoms with Gasteiger partial charge in [0.05, 0.1) is 0 Å². The van der Waals surface area contributed by atoms with Gasteiger partial charge in [0.1, 0.15) is 0 Å². The van der Waals surface area contributed by atoms with E-state index in [2.05, 4.69) is 4.98 Å². The maximum atomic E-state index is 12.5. The highest BCUT2D eigenvalue weighted by Crippen LogP contribution is 2.20. The zero-order valence-electron chi connectivity index (χ0n) is 7.44. The van der Waals surface area contributed by atoms with Gasteiger partial charge in [-0.05, 0) is 29.8 Å². The zero-order valence-corrected chi connectivity index (χ0v) is 7.44. The van der Waals surface area contributed by atoms with Gasteiger partial charge in [-0.15, -0.1) is 0 Å². The molecule has 2 N–H and O–H groups in total. The van der Waals surface area contributed by atoms with Gasteiger partial charge in [-0.3, -0.25) is 0 Å². The molecule has 0 aliphatic carbocycles. The van der Waals surface area contributed by atoms with Crippen LogP contribution in [0.25, 0.3) is 11.1 Å². The molecule has 2 nitrogen and oxygen atoms in total. The molecule has 0 aliphatic heterocycles. The Morgan fingerprint density at radius 3 is 2.57 bits per heavy atom. The molecule has 3 heteroatoms. The Morgan fingerprint density at radius 1 is 1.07 bits per heavy atom. The van der Waals surface area contributed by atoms with Crippen LogP contribution in [0.2, 0.25) is 0 Å². The number of benzene rings is 1. The third-order valence-corrected chi connectivity index (χ3v) is 1.95. The maximum absolute atomic E-state index is 12.5. The number of hydrogen-bond acceptors (Lipinski definition) is 2. The number of hydrogen-bond donors (Lipinski definition) is 1. The standard InChI is InChI=1S/C11H9FN2/c12-11-5-4-9(7-14-11)8-2-1-3-10(13)6-8/h1-7H,13H2. The van der Waals surface area contributed by atoms with Crippen LogP contribution in [-0.4, -0.2) is 4.98 Å². The highest BCUT2D eigenvalue weighted by Gasteiger charge is 1.98. The van der Waals surface area contributed by atoms with Gasteiger partial charge in [-0.1, -0.05) is 12.1 Å². The van der Waals surface area contributed by atoms with E-state index >= 15 is 0 Å². The first kappa shape index (κ1) is 8.69. The molecular weight excluding hydrogens is 179 g/mol. The Balaban J connectivity index is 2.44. The number of halogens is 1. The molecule has 70 valence electrons. The zero-order chi connectivity index (χ0) is 9.97. The van der Waals surface area contributed by atoms with Gasteiger partial charge in [0.2, 0.25) is 5.95 Å². The molecule has 14 heavy (non-hydrogen) atoms. The number of anilines is 1. The van der Waals surface area contributed by atoms with Crippen molar-refractivity contribution in [3.63, 3.8) is 0 Å². The minimum absolute atomic E-state index is 0.474. The van der Waals surface area contributed by atoms with Crippen LogP contribution in [0.4, 0.5) is 10.1 Å². The van der Waals surface area contributed by atoms with Gasteiger partial charge in [0.25, 0.3) is 0 Å². The van der Waals surface area contributed by atoms with Crippen LogP contribution >= 0.6 is 0 Å². The second-order valence-electron chi connectivity index (χ2n) is 3.00. The van der Waals surface area contributed by atoms with Crippen LogP contribution in [0.15, 0.2) is 42.6 Å².